The van der Waals surface area contributed by atoms with Crippen LogP contribution in [0.15, 0.2) is 42.5 Å². The summed E-state index contributed by atoms with van der Waals surface area (Å²) in [7, 11) is 0. The molecule has 8 nitrogen and oxygen atoms in total. The monoisotopic (exact) mass is 589 g/mol. The number of anilines is 1. The molecule has 1 aromatic heterocycles. The number of hydrogen-bond donors (Lipinski definition) is 2. The number of benzene rings is 3. The fourth-order valence-electron chi connectivity index (χ4n) is 7.40. The van der Waals surface area contributed by atoms with Crippen LogP contribution >= 0.6 is 11.6 Å². The first-order chi connectivity index (χ1) is 20.5. The second-order valence-electron chi connectivity index (χ2n) is 12.0. The Morgan fingerprint density at radius 1 is 1.05 bits per heavy atom. The Morgan fingerprint density at radius 3 is 2.64 bits per heavy atom. The zero-order chi connectivity index (χ0) is 28.4. The van der Waals surface area contributed by atoms with Crippen LogP contribution in [-0.2, 0) is 4.74 Å². The summed E-state index contributed by atoms with van der Waals surface area (Å²) >= 11 is 6.86. The smallest absolute Gasteiger partial charge is 0.319 e. The zero-order valence-electron chi connectivity index (χ0n) is 23.2. The largest absolute Gasteiger partial charge is 0.508 e. The van der Waals surface area contributed by atoms with Gasteiger partial charge >= 0.3 is 6.01 Å². The number of hydrogen-bond acceptors (Lipinski definition) is 8. The lowest BCUT2D eigenvalue weighted by Crippen LogP contribution is -2.51. The molecule has 4 aromatic rings. The fourth-order valence-corrected chi connectivity index (χ4v) is 7.70. The van der Waals surface area contributed by atoms with E-state index in [1.54, 1.807) is 18.2 Å². The number of phenols is 1. The summed E-state index contributed by atoms with van der Waals surface area (Å²) in [5.41, 5.74) is 0.885. The summed E-state index contributed by atoms with van der Waals surface area (Å²) in [5.74, 6) is 0.137. The Morgan fingerprint density at radius 2 is 1.88 bits per heavy atom. The standard InChI is InChI=1S/C32H33ClFN5O3/c33-26-14-25-30(29(34)28(26)24-13-22(40)12-18-4-1-2-5-23(18)24)36-32(37-31(25)38-15-19-6-7-20(16-38)35-19)41-11-3-10-39-21-8-9-27(39)42-17-21/h1-2,4-5,12-14,19-21,27,35,40H,3,6-11,15-17H2. The van der Waals surface area contributed by atoms with Gasteiger partial charge in [-0.2, -0.15) is 9.97 Å². The lowest BCUT2D eigenvalue weighted by molar-refractivity contribution is 0.0359. The number of nitrogens with one attached hydrogen (secondary N) is 1. The minimum atomic E-state index is -0.550. The minimum Gasteiger partial charge on any atom is -0.508 e. The van der Waals surface area contributed by atoms with Gasteiger partial charge in [-0.15, -0.1) is 0 Å². The molecule has 4 atom stereocenters. The van der Waals surface area contributed by atoms with Crippen LogP contribution in [0.2, 0.25) is 5.02 Å². The predicted molar refractivity (Wildman–Crippen MR) is 161 cm³/mol. The van der Waals surface area contributed by atoms with Crippen LogP contribution in [0, 0.1) is 5.82 Å². The first-order valence-corrected chi connectivity index (χ1v) is 15.3. The molecule has 8 rings (SSSR count). The van der Waals surface area contributed by atoms with Crippen molar-refractivity contribution in [3.8, 4) is 22.9 Å². The van der Waals surface area contributed by atoms with E-state index < -0.39 is 5.82 Å². The predicted octanol–water partition coefficient (Wildman–Crippen LogP) is 5.48. The van der Waals surface area contributed by atoms with E-state index in [4.69, 9.17) is 26.1 Å². The first-order valence-electron chi connectivity index (χ1n) is 14.9. The molecule has 0 spiro atoms. The fraction of sp³-hybridized carbons (Fsp3) is 0.438. The van der Waals surface area contributed by atoms with E-state index in [0.717, 1.165) is 62.7 Å². The van der Waals surface area contributed by atoms with E-state index in [1.165, 1.54) is 6.42 Å². The quantitative estimate of drug-likeness (QED) is 0.274. The van der Waals surface area contributed by atoms with Crippen LogP contribution in [-0.4, -0.2) is 77.2 Å². The highest BCUT2D eigenvalue weighted by atomic mass is 35.5. The van der Waals surface area contributed by atoms with E-state index in [9.17, 15) is 5.11 Å². The molecule has 4 bridgehead atoms. The van der Waals surface area contributed by atoms with E-state index in [0.29, 0.717) is 41.5 Å². The van der Waals surface area contributed by atoms with E-state index >= 15 is 4.39 Å². The molecule has 4 aliphatic heterocycles. The summed E-state index contributed by atoms with van der Waals surface area (Å²) in [6.45, 7) is 3.67. The van der Waals surface area contributed by atoms with E-state index in [2.05, 4.69) is 20.1 Å². The molecule has 42 heavy (non-hydrogen) atoms. The van der Waals surface area contributed by atoms with Crippen LogP contribution in [0.5, 0.6) is 11.8 Å². The molecule has 0 amide bonds. The highest BCUT2D eigenvalue weighted by Crippen LogP contribution is 2.43. The Bertz CT molecular complexity index is 1660. The highest BCUT2D eigenvalue weighted by Gasteiger charge is 2.40. The molecule has 3 aromatic carbocycles. The number of ether oxygens (including phenoxy) is 2. The van der Waals surface area contributed by atoms with Crippen LogP contribution < -0.4 is 15.0 Å². The molecule has 2 N–H and O–H groups in total. The van der Waals surface area contributed by atoms with Gasteiger partial charge < -0.3 is 24.8 Å². The third-order valence-electron chi connectivity index (χ3n) is 9.33. The van der Waals surface area contributed by atoms with E-state index in [-0.39, 0.29) is 34.1 Å². The number of rotatable bonds is 7. The van der Waals surface area contributed by atoms with Gasteiger partial charge in [-0.1, -0.05) is 35.9 Å². The van der Waals surface area contributed by atoms with Crippen LogP contribution in [0.1, 0.15) is 32.1 Å². The molecular formula is C32H33ClFN5O3. The average Bonchev–Trinajstić information content (AvgIpc) is 3.68. The molecule has 4 saturated heterocycles. The number of phenolic OH excluding ortho intramolecular Hbond substituents is 1. The van der Waals surface area contributed by atoms with Crippen molar-refractivity contribution in [1.82, 2.24) is 20.2 Å². The number of nitrogens with zero attached hydrogens (tertiary/aromatic N) is 4. The number of aromatic nitrogens is 2. The third-order valence-corrected chi connectivity index (χ3v) is 9.63. The van der Waals surface area contributed by atoms with Gasteiger partial charge in [-0.05, 0) is 66.6 Å². The van der Waals surface area contributed by atoms with Crippen molar-refractivity contribution in [2.45, 2.75) is 56.5 Å². The van der Waals surface area contributed by atoms with E-state index in [1.807, 2.05) is 24.3 Å². The Kier molecular flexibility index (Phi) is 6.59. The maximum Gasteiger partial charge on any atom is 0.319 e. The second kappa shape index (κ2) is 10.5. The maximum absolute atomic E-state index is 16.7. The molecule has 4 aliphatic rings. The summed E-state index contributed by atoms with van der Waals surface area (Å²) in [5, 5.41) is 16.5. The van der Waals surface area contributed by atoms with Gasteiger partial charge in [0.25, 0.3) is 0 Å². The Hall–Kier alpha value is -3.24. The second-order valence-corrected chi connectivity index (χ2v) is 12.4. The van der Waals surface area contributed by atoms with Crippen molar-refractivity contribution in [3.05, 3.63) is 53.3 Å². The first kappa shape index (κ1) is 26.4. The van der Waals surface area contributed by atoms with Crippen molar-refractivity contribution in [2.24, 2.45) is 0 Å². The summed E-state index contributed by atoms with van der Waals surface area (Å²) in [6.07, 6.45) is 5.53. The SMILES string of the molecule is Oc1cc(-c2c(Cl)cc3c(N4CC5CCC(C4)N5)nc(OCCCN4C5CCC4OC5)nc3c2F)c2ccccc2c1. The average molecular weight is 590 g/mol. The van der Waals surface area contributed by atoms with Crippen molar-refractivity contribution in [2.75, 3.05) is 37.7 Å². The topological polar surface area (TPSA) is 83.0 Å². The highest BCUT2D eigenvalue weighted by molar-refractivity contribution is 6.35. The lowest BCUT2D eigenvalue weighted by Gasteiger charge is -2.34. The number of halogens is 2. The molecule has 0 saturated carbocycles. The molecule has 10 heteroatoms. The van der Waals surface area contributed by atoms with Gasteiger partial charge in [0.2, 0.25) is 0 Å². The summed E-state index contributed by atoms with van der Waals surface area (Å²) < 4.78 is 28.6. The summed E-state index contributed by atoms with van der Waals surface area (Å²) in [4.78, 5) is 14.1. The van der Waals surface area contributed by atoms with Crippen LogP contribution in [0.25, 0.3) is 32.8 Å². The van der Waals surface area contributed by atoms with Gasteiger partial charge in [0.05, 0.1) is 18.2 Å². The Labute approximate surface area is 248 Å². The molecular weight excluding hydrogens is 557 g/mol. The van der Waals surface area contributed by atoms with Gasteiger partial charge in [-0.25, -0.2) is 4.39 Å². The van der Waals surface area contributed by atoms with Crippen molar-refractivity contribution >= 4 is 39.1 Å². The minimum absolute atomic E-state index is 0.0415. The number of fused-ring (bicyclic) bond motifs is 6. The van der Waals surface area contributed by atoms with Crippen molar-refractivity contribution in [1.29, 1.82) is 0 Å². The van der Waals surface area contributed by atoms with Crippen molar-refractivity contribution < 1.29 is 19.0 Å². The normalized spacial score (nSPS) is 25.2. The molecule has 0 aliphatic carbocycles. The summed E-state index contributed by atoms with van der Waals surface area (Å²) in [6, 6.07) is 14.0. The van der Waals surface area contributed by atoms with Gasteiger partial charge in [0, 0.05) is 48.7 Å². The third kappa shape index (κ3) is 4.54. The number of piperazine rings is 1. The van der Waals surface area contributed by atoms with Crippen molar-refractivity contribution in [3.63, 3.8) is 0 Å². The van der Waals surface area contributed by atoms with Gasteiger partial charge in [-0.3, -0.25) is 4.90 Å². The van der Waals surface area contributed by atoms with Crippen LogP contribution in [0.4, 0.5) is 10.2 Å². The van der Waals surface area contributed by atoms with Gasteiger partial charge in [0.1, 0.15) is 23.3 Å². The maximum atomic E-state index is 16.7. The molecule has 218 valence electrons. The number of aromatic hydroxyl groups is 1. The Balaban J connectivity index is 1.18. The molecule has 4 fully saturated rings. The van der Waals surface area contributed by atoms with Gasteiger partial charge in [0.15, 0.2) is 5.82 Å². The molecule has 4 unspecified atom stereocenters. The molecule has 0 radical (unpaired) electrons. The zero-order valence-corrected chi connectivity index (χ0v) is 24.0. The lowest BCUT2D eigenvalue weighted by atomic mass is 9.96. The molecule has 5 heterocycles. The van der Waals surface area contributed by atoms with Crippen LogP contribution in [0.3, 0.4) is 0 Å².